The third-order valence-electron chi connectivity index (χ3n) is 3.09. The Bertz CT molecular complexity index is 497. The van der Waals surface area contributed by atoms with Crippen LogP contribution in [0.5, 0.6) is 5.75 Å². The predicted molar refractivity (Wildman–Crippen MR) is 70.7 cm³/mol. The minimum Gasteiger partial charge on any atom is -0.481 e. The van der Waals surface area contributed by atoms with Crippen molar-refractivity contribution in [3.05, 3.63) is 30.1 Å². The first kappa shape index (κ1) is 14.3. The van der Waals surface area contributed by atoms with Crippen LogP contribution in [-0.4, -0.2) is 30.5 Å². The van der Waals surface area contributed by atoms with Gasteiger partial charge in [0.05, 0.1) is 0 Å². The lowest BCUT2D eigenvalue weighted by molar-refractivity contribution is -0.129. The van der Waals surface area contributed by atoms with Gasteiger partial charge in [-0.25, -0.2) is 4.39 Å². The molecule has 1 aromatic carbocycles. The van der Waals surface area contributed by atoms with E-state index in [2.05, 4.69) is 10.6 Å². The van der Waals surface area contributed by atoms with E-state index >= 15 is 0 Å². The maximum Gasteiger partial charge on any atom is 0.261 e. The first-order valence-corrected chi connectivity index (χ1v) is 6.54. The molecule has 2 unspecified atom stereocenters. The Hall–Kier alpha value is -2.11. The van der Waals surface area contributed by atoms with E-state index in [1.165, 1.54) is 18.2 Å². The van der Waals surface area contributed by atoms with Crippen LogP contribution in [0.25, 0.3) is 0 Å². The molecule has 20 heavy (non-hydrogen) atoms. The van der Waals surface area contributed by atoms with Crippen LogP contribution in [0.1, 0.15) is 19.8 Å². The van der Waals surface area contributed by atoms with E-state index in [4.69, 9.17) is 4.74 Å². The number of amides is 2. The highest BCUT2D eigenvalue weighted by Gasteiger charge is 2.22. The van der Waals surface area contributed by atoms with E-state index in [0.29, 0.717) is 25.1 Å². The number of piperidine rings is 1. The van der Waals surface area contributed by atoms with Gasteiger partial charge in [0.1, 0.15) is 11.6 Å². The zero-order valence-corrected chi connectivity index (χ0v) is 11.2. The van der Waals surface area contributed by atoms with Crippen LogP contribution in [0.3, 0.4) is 0 Å². The number of hydrogen-bond donors (Lipinski definition) is 2. The fraction of sp³-hybridized carbons (Fsp3) is 0.429. The van der Waals surface area contributed by atoms with E-state index in [1.54, 1.807) is 13.0 Å². The van der Waals surface area contributed by atoms with Crippen LogP contribution in [0.4, 0.5) is 4.39 Å². The largest absolute Gasteiger partial charge is 0.481 e. The molecule has 1 heterocycles. The molecule has 0 bridgehead atoms. The van der Waals surface area contributed by atoms with Crippen molar-refractivity contribution in [1.29, 1.82) is 0 Å². The number of halogens is 1. The van der Waals surface area contributed by atoms with Crippen molar-refractivity contribution >= 4 is 11.8 Å². The zero-order chi connectivity index (χ0) is 14.5. The fourth-order valence-electron chi connectivity index (χ4n) is 1.97. The van der Waals surface area contributed by atoms with Crippen molar-refractivity contribution in [2.45, 2.75) is 31.9 Å². The summed E-state index contributed by atoms with van der Waals surface area (Å²) in [6.45, 7) is 2.03. The van der Waals surface area contributed by atoms with Crippen molar-refractivity contribution in [3.63, 3.8) is 0 Å². The summed E-state index contributed by atoms with van der Waals surface area (Å²) in [5, 5.41) is 5.49. The first-order valence-electron chi connectivity index (χ1n) is 6.54. The maximum absolute atomic E-state index is 13.0. The molecule has 1 saturated heterocycles. The number of nitrogens with one attached hydrogen (secondary N) is 2. The quantitative estimate of drug-likeness (QED) is 0.864. The van der Waals surface area contributed by atoms with Crippen LogP contribution in [0.2, 0.25) is 0 Å². The van der Waals surface area contributed by atoms with E-state index in [1.807, 2.05) is 0 Å². The highest BCUT2D eigenvalue weighted by atomic mass is 19.1. The molecule has 2 amide bonds. The maximum atomic E-state index is 13.0. The lowest BCUT2D eigenvalue weighted by Crippen LogP contribution is -2.50. The molecule has 2 rings (SSSR count). The number of benzene rings is 1. The van der Waals surface area contributed by atoms with E-state index < -0.39 is 11.9 Å². The molecule has 1 fully saturated rings. The summed E-state index contributed by atoms with van der Waals surface area (Å²) in [4.78, 5) is 23.0. The van der Waals surface area contributed by atoms with Gasteiger partial charge in [-0.2, -0.15) is 0 Å². The molecule has 0 aromatic heterocycles. The van der Waals surface area contributed by atoms with Crippen LogP contribution < -0.4 is 15.4 Å². The van der Waals surface area contributed by atoms with Gasteiger partial charge in [0, 0.05) is 25.1 Å². The highest BCUT2D eigenvalue weighted by molar-refractivity contribution is 5.82. The van der Waals surface area contributed by atoms with Gasteiger partial charge in [-0.05, 0) is 25.5 Å². The second kappa shape index (κ2) is 6.36. The molecule has 6 heteroatoms. The molecule has 1 aliphatic rings. The normalized spacial score (nSPS) is 19.9. The molecule has 0 spiro atoms. The zero-order valence-electron chi connectivity index (χ0n) is 11.2. The Balaban J connectivity index is 1.84. The van der Waals surface area contributed by atoms with Crippen LogP contribution in [-0.2, 0) is 9.59 Å². The van der Waals surface area contributed by atoms with Crippen molar-refractivity contribution in [2.75, 3.05) is 6.54 Å². The molecule has 108 valence electrons. The second-order valence-corrected chi connectivity index (χ2v) is 4.77. The SMILES string of the molecule is CC(Oc1cccc(F)c1)C(=O)NC1CCC(=O)NC1. The lowest BCUT2D eigenvalue weighted by atomic mass is 10.1. The Morgan fingerprint density at radius 1 is 1.55 bits per heavy atom. The van der Waals surface area contributed by atoms with Gasteiger partial charge in [0.15, 0.2) is 6.10 Å². The van der Waals surface area contributed by atoms with Gasteiger partial charge >= 0.3 is 0 Å². The molecule has 5 nitrogen and oxygen atoms in total. The van der Waals surface area contributed by atoms with Crippen molar-refractivity contribution in [1.82, 2.24) is 10.6 Å². The standard InChI is InChI=1S/C14H17FN2O3/c1-9(20-12-4-2-3-10(15)7-12)14(19)17-11-5-6-13(18)16-8-11/h2-4,7,9,11H,5-6,8H2,1H3,(H,16,18)(H,17,19). The summed E-state index contributed by atoms with van der Waals surface area (Å²) in [6.07, 6.45) is 0.295. The van der Waals surface area contributed by atoms with E-state index in [9.17, 15) is 14.0 Å². The molecular weight excluding hydrogens is 263 g/mol. The monoisotopic (exact) mass is 280 g/mol. The number of carbonyl (C=O) groups is 2. The molecule has 1 aromatic rings. The molecule has 1 aliphatic heterocycles. The van der Waals surface area contributed by atoms with Crippen molar-refractivity contribution in [3.8, 4) is 5.75 Å². The highest BCUT2D eigenvalue weighted by Crippen LogP contribution is 2.14. The van der Waals surface area contributed by atoms with Crippen molar-refractivity contribution < 1.29 is 18.7 Å². The summed E-state index contributed by atoms with van der Waals surface area (Å²) in [5.74, 6) is -0.385. The first-order chi connectivity index (χ1) is 9.54. The van der Waals surface area contributed by atoms with E-state index in [0.717, 1.165) is 0 Å². The number of carbonyl (C=O) groups excluding carboxylic acids is 2. The lowest BCUT2D eigenvalue weighted by Gasteiger charge is -2.25. The molecule has 2 atom stereocenters. The van der Waals surface area contributed by atoms with Crippen LogP contribution in [0.15, 0.2) is 24.3 Å². The minimum absolute atomic E-state index is 0.000409. The van der Waals surface area contributed by atoms with Gasteiger partial charge in [-0.15, -0.1) is 0 Å². The summed E-state index contributed by atoms with van der Waals surface area (Å²) in [7, 11) is 0. The predicted octanol–water partition coefficient (Wildman–Crippen LogP) is 0.988. The third-order valence-corrected chi connectivity index (χ3v) is 3.09. The van der Waals surface area contributed by atoms with Gasteiger partial charge < -0.3 is 15.4 Å². The Morgan fingerprint density at radius 3 is 3.00 bits per heavy atom. The summed E-state index contributed by atoms with van der Waals surface area (Å²) >= 11 is 0. The van der Waals surface area contributed by atoms with E-state index in [-0.39, 0.29) is 17.9 Å². The topological polar surface area (TPSA) is 67.4 Å². The number of ether oxygens (including phenoxy) is 1. The summed E-state index contributed by atoms with van der Waals surface area (Å²) < 4.78 is 18.4. The molecule has 0 saturated carbocycles. The Morgan fingerprint density at radius 2 is 2.35 bits per heavy atom. The number of rotatable bonds is 4. The summed E-state index contributed by atoms with van der Waals surface area (Å²) in [6, 6.07) is 5.56. The molecular formula is C14H17FN2O3. The Kier molecular flexibility index (Phi) is 4.55. The molecule has 0 aliphatic carbocycles. The average Bonchev–Trinajstić information content (AvgIpc) is 2.41. The van der Waals surface area contributed by atoms with Gasteiger partial charge in [-0.1, -0.05) is 6.07 Å². The minimum atomic E-state index is -0.727. The molecule has 2 N–H and O–H groups in total. The van der Waals surface area contributed by atoms with Gasteiger partial charge in [0.25, 0.3) is 5.91 Å². The van der Waals surface area contributed by atoms with Crippen molar-refractivity contribution in [2.24, 2.45) is 0 Å². The van der Waals surface area contributed by atoms with Crippen LogP contribution in [0, 0.1) is 5.82 Å². The number of hydrogen-bond acceptors (Lipinski definition) is 3. The summed E-state index contributed by atoms with van der Waals surface area (Å²) in [5.41, 5.74) is 0. The Labute approximate surface area is 116 Å². The fourth-order valence-corrected chi connectivity index (χ4v) is 1.97. The molecule has 0 radical (unpaired) electrons. The second-order valence-electron chi connectivity index (χ2n) is 4.77. The van der Waals surface area contributed by atoms with Gasteiger partial charge in [-0.3, -0.25) is 9.59 Å². The smallest absolute Gasteiger partial charge is 0.261 e. The van der Waals surface area contributed by atoms with Crippen LogP contribution >= 0.6 is 0 Å². The average molecular weight is 280 g/mol. The third kappa shape index (κ3) is 3.94. The van der Waals surface area contributed by atoms with Gasteiger partial charge in [0.2, 0.25) is 5.91 Å².